The quantitative estimate of drug-likeness (QED) is 0.433. The van der Waals surface area contributed by atoms with Crippen LogP contribution in [0.1, 0.15) is 27.7 Å². The summed E-state index contributed by atoms with van der Waals surface area (Å²) in [5.41, 5.74) is 2.30. The Labute approximate surface area is 176 Å². The van der Waals surface area contributed by atoms with E-state index in [1.807, 2.05) is 17.0 Å². The fourth-order valence-corrected chi connectivity index (χ4v) is 4.78. The van der Waals surface area contributed by atoms with E-state index in [2.05, 4.69) is 43.7 Å². The summed E-state index contributed by atoms with van der Waals surface area (Å²) < 4.78 is 0. The summed E-state index contributed by atoms with van der Waals surface area (Å²) in [4.78, 5) is 32.4. The summed E-state index contributed by atoms with van der Waals surface area (Å²) in [6.45, 7) is 11.3. The van der Waals surface area contributed by atoms with E-state index in [9.17, 15) is 14.9 Å². The van der Waals surface area contributed by atoms with E-state index in [0.717, 1.165) is 11.1 Å². The van der Waals surface area contributed by atoms with Crippen LogP contribution in [0.2, 0.25) is 0 Å². The van der Waals surface area contributed by atoms with Crippen molar-refractivity contribution in [1.82, 2.24) is 9.88 Å². The van der Waals surface area contributed by atoms with Crippen LogP contribution in [0.25, 0.3) is 10.8 Å². The van der Waals surface area contributed by atoms with Crippen LogP contribution in [0.3, 0.4) is 0 Å². The molecule has 0 unspecified atom stereocenters. The highest BCUT2D eigenvalue weighted by molar-refractivity contribution is 5.99. The highest BCUT2D eigenvalue weighted by atomic mass is 16.6. The van der Waals surface area contributed by atoms with Gasteiger partial charge in [0.1, 0.15) is 0 Å². The molecule has 2 atom stereocenters. The smallest absolute Gasteiger partial charge is 0.278 e. The number of nitro benzene ring substituents is 1. The van der Waals surface area contributed by atoms with Crippen LogP contribution in [-0.2, 0) is 4.79 Å². The molecule has 0 spiro atoms. The number of amides is 1. The zero-order chi connectivity index (χ0) is 21.6. The van der Waals surface area contributed by atoms with Crippen LogP contribution >= 0.6 is 0 Å². The Morgan fingerprint density at radius 1 is 1.17 bits per heavy atom. The molecule has 1 saturated heterocycles. The number of allylic oxidation sites excluding steroid dienone is 2. The molecule has 0 radical (unpaired) electrons. The molecule has 1 amide bonds. The zero-order valence-electron chi connectivity index (χ0n) is 18.0. The molecule has 0 bridgehead atoms. The van der Waals surface area contributed by atoms with Gasteiger partial charge in [0.2, 0.25) is 5.91 Å². The van der Waals surface area contributed by atoms with Crippen molar-refractivity contribution in [2.75, 3.05) is 31.1 Å². The van der Waals surface area contributed by atoms with E-state index in [1.54, 1.807) is 18.5 Å². The largest absolute Gasteiger partial charge is 0.367 e. The molecule has 1 aromatic heterocycles. The Kier molecular flexibility index (Phi) is 5.00. The summed E-state index contributed by atoms with van der Waals surface area (Å²) >= 11 is 0. The van der Waals surface area contributed by atoms with Gasteiger partial charge in [0.25, 0.3) is 5.69 Å². The maximum atomic E-state index is 13.1. The van der Waals surface area contributed by atoms with Crippen LogP contribution < -0.4 is 4.90 Å². The second-order valence-electron chi connectivity index (χ2n) is 9.16. The third-order valence-electron chi connectivity index (χ3n) is 6.59. The SMILES string of the molecule is CC(C)=C[C@H]1[C@@H](C(=O)N2CCN(c3ccc([N+](=O)[O-])c4cnccc34)CC2)C1(C)C. The first kappa shape index (κ1) is 20.3. The van der Waals surface area contributed by atoms with Gasteiger partial charge >= 0.3 is 0 Å². The molecule has 2 heterocycles. The van der Waals surface area contributed by atoms with Gasteiger partial charge in [0.05, 0.1) is 16.2 Å². The number of rotatable bonds is 4. The van der Waals surface area contributed by atoms with E-state index in [1.165, 1.54) is 5.57 Å². The monoisotopic (exact) mass is 408 g/mol. The van der Waals surface area contributed by atoms with E-state index >= 15 is 0 Å². The van der Waals surface area contributed by atoms with E-state index in [0.29, 0.717) is 37.5 Å². The Hall–Kier alpha value is -2.96. The first-order valence-corrected chi connectivity index (χ1v) is 10.4. The van der Waals surface area contributed by atoms with Gasteiger partial charge in [-0.3, -0.25) is 19.9 Å². The number of carbonyl (C=O) groups is 1. The normalized spacial score (nSPS) is 22.7. The minimum atomic E-state index is -0.370. The first-order valence-electron chi connectivity index (χ1n) is 10.4. The number of benzene rings is 1. The third kappa shape index (κ3) is 3.42. The average molecular weight is 409 g/mol. The van der Waals surface area contributed by atoms with Gasteiger partial charge in [-0.2, -0.15) is 0 Å². The van der Waals surface area contributed by atoms with Crippen molar-refractivity contribution < 1.29 is 9.72 Å². The Bertz CT molecular complexity index is 1030. The molecule has 2 aromatic rings. The molecular weight excluding hydrogens is 380 g/mol. The fraction of sp³-hybridized carbons (Fsp3) is 0.478. The number of pyridine rings is 1. The van der Waals surface area contributed by atoms with Gasteiger partial charge in [-0.25, -0.2) is 0 Å². The van der Waals surface area contributed by atoms with Gasteiger partial charge < -0.3 is 9.80 Å². The van der Waals surface area contributed by atoms with Crippen molar-refractivity contribution in [3.8, 4) is 0 Å². The van der Waals surface area contributed by atoms with Crippen molar-refractivity contribution in [3.63, 3.8) is 0 Å². The summed E-state index contributed by atoms with van der Waals surface area (Å²) in [6, 6.07) is 5.19. The molecule has 158 valence electrons. The van der Waals surface area contributed by atoms with Crippen molar-refractivity contribution in [2.24, 2.45) is 17.3 Å². The molecule has 2 fully saturated rings. The molecule has 1 saturated carbocycles. The van der Waals surface area contributed by atoms with Crippen LogP contribution in [0.15, 0.2) is 42.2 Å². The number of hydrogen-bond acceptors (Lipinski definition) is 5. The highest BCUT2D eigenvalue weighted by Crippen LogP contribution is 2.60. The molecule has 7 heteroatoms. The maximum absolute atomic E-state index is 13.1. The average Bonchev–Trinajstić information content (AvgIpc) is 3.25. The fourth-order valence-electron chi connectivity index (χ4n) is 4.78. The minimum absolute atomic E-state index is 0.0209. The van der Waals surface area contributed by atoms with Gasteiger partial charge in [-0.1, -0.05) is 25.5 Å². The molecule has 1 aliphatic carbocycles. The number of fused-ring (bicyclic) bond motifs is 1. The van der Waals surface area contributed by atoms with Gasteiger partial charge in [0, 0.05) is 55.7 Å². The van der Waals surface area contributed by atoms with Gasteiger partial charge in [-0.05, 0) is 37.3 Å². The Morgan fingerprint density at radius 3 is 2.50 bits per heavy atom. The Morgan fingerprint density at radius 2 is 1.87 bits per heavy atom. The number of carbonyl (C=O) groups excluding carboxylic acids is 1. The van der Waals surface area contributed by atoms with Crippen LogP contribution in [0.4, 0.5) is 11.4 Å². The summed E-state index contributed by atoms with van der Waals surface area (Å²) in [5.74, 6) is 0.629. The lowest BCUT2D eigenvalue weighted by Gasteiger charge is -2.37. The molecular formula is C23H28N4O3. The Balaban J connectivity index is 1.50. The second kappa shape index (κ2) is 7.38. The summed E-state index contributed by atoms with van der Waals surface area (Å²) in [5, 5.41) is 12.7. The molecule has 1 aliphatic heterocycles. The van der Waals surface area contributed by atoms with Gasteiger partial charge in [0.15, 0.2) is 0 Å². The predicted octanol–water partition coefficient (Wildman–Crippen LogP) is 4.03. The summed E-state index contributed by atoms with van der Waals surface area (Å²) in [7, 11) is 0. The highest BCUT2D eigenvalue weighted by Gasteiger charge is 2.61. The van der Waals surface area contributed by atoms with E-state index < -0.39 is 0 Å². The lowest BCUT2D eigenvalue weighted by Crippen LogP contribution is -2.49. The standard InChI is InChI=1S/C23H28N4O3/c1-15(2)13-18-21(23(18,3)4)22(28)26-11-9-25(10-12-26)19-5-6-20(27(29)30)17-14-24-8-7-16(17)19/h5-8,13-14,18,21H,9-12H2,1-4H3/t18-,21-/m0/s1. The van der Waals surface area contributed by atoms with E-state index in [4.69, 9.17) is 0 Å². The second-order valence-corrected chi connectivity index (χ2v) is 9.16. The van der Waals surface area contributed by atoms with Crippen molar-refractivity contribution in [1.29, 1.82) is 0 Å². The molecule has 0 N–H and O–H groups in total. The van der Waals surface area contributed by atoms with E-state index in [-0.39, 0.29) is 27.9 Å². The predicted molar refractivity (Wildman–Crippen MR) is 117 cm³/mol. The van der Waals surface area contributed by atoms with Gasteiger partial charge in [-0.15, -0.1) is 0 Å². The number of anilines is 1. The van der Waals surface area contributed by atoms with Crippen molar-refractivity contribution in [3.05, 3.63) is 52.4 Å². The molecule has 30 heavy (non-hydrogen) atoms. The lowest BCUT2D eigenvalue weighted by atomic mass is 10.1. The molecule has 4 rings (SSSR count). The topological polar surface area (TPSA) is 79.6 Å². The van der Waals surface area contributed by atoms with Crippen LogP contribution in [0.5, 0.6) is 0 Å². The number of non-ortho nitro benzene ring substituents is 1. The van der Waals surface area contributed by atoms with Crippen LogP contribution in [0, 0.1) is 27.4 Å². The summed E-state index contributed by atoms with van der Waals surface area (Å²) in [6.07, 6.45) is 5.44. The number of nitrogens with zero attached hydrogens (tertiary/aromatic N) is 4. The number of piperazine rings is 1. The minimum Gasteiger partial charge on any atom is -0.367 e. The lowest BCUT2D eigenvalue weighted by molar-refractivity contribution is -0.383. The molecule has 2 aliphatic rings. The third-order valence-corrected chi connectivity index (χ3v) is 6.59. The number of hydrogen-bond donors (Lipinski definition) is 0. The zero-order valence-corrected chi connectivity index (χ0v) is 18.0. The number of aromatic nitrogens is 1. The molecule has 1 aromatic carbocycles. The first-order chi connectivity index (χ1) is 14.2. The van der Waals surface area contributed by atoms with Crippen molar-refractivity contribution in [2.45, 2.75) is 27.7 Å². The van der Waals surface area contributed by atoms with Crippen molar-refractivity contribution >= 4 is 28.1 Å². The maximum Gasteiger partial charge on any atom is 0.278 e. The van der Waals surface area contributed by atoms with Crippen LogP contribution in [-0.4, -0.2) is 46.9 Å². The molecule has 7 nitrogen and oxygen atoms in total. The number of nitro groups is 1.